The Hall–Kier alpha value is -2.60. The first-order valence-corrected chi connectivity index (χ1v) is 8.76. The molecule has 0 aliphatic rings. The van der Waals surface area contributed by atoms with Crippen LogP contribution in [0.1, 0.15) is 35.7 Å². The number of thiazole rings is 1. The maximum atomic E-state index is 12.5. The summed E-state index contributed by atoms with van der Waals surface area (Å²) in [5.41, 5.74) is 2.60. The number of benzene rings is 2. The molecule has 5 nitrogen and oxygen atoms in total. The lowest BCUT2D eigenvalue weighted by Crippen LogP contribution is -2.12. The van der Waals surface area contributed by atoms with Crippen molar-refractivity contribution >= 4 is 32.6 Å². The number of carbonyl (C=O) groups is 1. The van der Waals surface area contributed by atoms with Crippen LogP contribution in [0.5, 0.6) is 11.5 Å². The minimum atomic E-state index is -0.250. The number of hydrogen-bond acceptors (Lipinski definition) is 5. The normalized spacial score (nSPS) is 10.9. The second-order valence-corrected chi connectivity index (χ2v) is 6.99. The van der Waals surface area contributed by atoms with Gasteiger partial charge in [0.15, 0.2) is 5.13 Å². The van der Waals surface area contributed by atoms with Gasteiger partial charge >= 0.3 is 0 Å². The van der Waals surface area contributed by atoms with Gasteiger partial charge in [-0.2, -0.15) is 0 Å². The van der Waals surface area contributed by atoms with Crippen LogP contribution >= 0.6 is 11.3 Å². The van der Waals surface area contributed by atoms with Crippen LogP contribution in [-0.2, 0) is 0 Å². The number of rotatable bonds is 5. The number of fused-ring (bicyclic) bond motifs is 1. The number of amides is 1. The molecule has 3 aromatic rings. The summed E-state index contributed by atoms with van der Waals surface area (Å²) in [5.74, 6) is 1.33. The van der Waals surface area contributed by atoms with Gasteiger partial charge in [-0.1, -0.05) is 31.3 Å². The van der Waals surface area contributed by atoms with E-state index in [-0.39, 0.29) is 5.91 Å². The number of anilines is 1. The molecular weight excluding hydrogens is 336 g/mol. The van der Waals surface area contributed by atoms with Crippen molar-refractivity contribution in [3.63, 3.8) is 0 Å². The van der Waals surface area contributed by atoms with Crippen LogP contribution in [0, 0.1) is 0 Å². The summed E-state index contributed by atoms with van der Waals surface area (Å²) in [6, 6.07) is 11.3. The number of nitrogens with one attached hydrogen (secondary N) is 1. The van der Waals surface area contributed by atoms with Crippen LogP contribution in [0.2, 0.25) is 0 Å². The van der Waals surface area contributed by atoms with Gasteiger partial charge < -0.3 is 9.47 Å². The Morgan fingerprint density at radius 2 is 1.76 bits per heavy atom. The molecule has 1 N–H and O–H groups in total. The molecule has 0 bridgehead atoms. The molecule has 0 fully saturated rings. The first kappa shape index (κ1) is 17.2. The largest absolute Gasteiger partial charge is 0.497 e. The van der Waals surface area contributed by atoms with E-state index in [9.17, 15) is 4.79 Å². The molecule has 1 heterocycles. The van der Waals surface area contributed by atoms with Crippen molar-refractivity contribution in [3.05, 3.63) is 47.5 Å². The molecule has 0 radical (unpaired) electrons. The Labute approximate surface area is 150 Å². The summed E-state index contributed by atoms with van der Waals surface area (Å²) in [7, 11) is 3.10. The van der Waals surface area contributed by atoms with Crippen molar-refractivity contribution in [3.8, 4) is 11.5 Å². The van der Waals surface area contributed by atoms with E-state index in [0.717, 1.165) is 10.2 Å². The van der Waals surface area contributed by atoms with E-state index in [1.165, 1.54) is 16.9 Å². The monoisotopic (exact) mass is 356 g/mol. The third kappa shape index (κ3) is 3.74. The molecule has 0 spiro atoms. The number of methoxy groups -OCH3 is 2. The average Bonchev–Trinajstić information content (AvgIpc) is 3.02. The molecule has 1 aromatic heterocycles. The van der Waals surface area contributed by atoms with Gasteiger partial charge in [0.1, 0.15) is 11.5 Å². The van der Waals surface area contributed by atoms with E-state index < -0.39 is 0 Å². The van der Waals surface area contributed by atoms with Crippen LogP contribution in [-0.4, -0.2) is 25.1 Å². The van der Waals surface area contributed by atoms with Crippen LogP contribution in [0.4, 0.5) is 5.13 Å². The lowest BCUT2D eigenvalue weighted by molar-refractivity contribution is 0.102. The topological polar surface area (TPSA) is 60.5 Å². The maximum Gasteiger partial charge on any atom is 0.257 e. The van der Waals surface area contributed by atoms with E-state index in [4.69, 9.17) is 9.47 Å². The van der Waals surface area contributed by atoms with Crippen LogP contribution < -0.4 is 14.8 Å². The van der Waals surface area contributed by atoms with Crippen LogP contribution in [0.25, 0.3) is 10.2 Å². The number of nitrogens with zero attached hydrogens (tertiary/aromatic N) is 1. The lowest BCUT2D eigenvalue weighted by Gasteiger charge is -2.07. The van der Waals surface area contributed by atoms with E-state index in [1.807, 2.05) is 6.07 Å². The summed E-state index contributed by atoms with van der Waals surface area (Å²) in [6.45, 7) is 4.31. The Kier molecular flexibility index (Phi) is 4.90. The van der Waals surface area contributed by atoms with E-state index in [0.29, 0.717) is 28.1 Å². The highest BCUT2D eigenvalue weighted by Crippen LogP contribution is 2.30. The third-order valence-corrected chi connectivity index (χ3v) is 4.85. The van der Waals surface area contributed by atoms with Gasteiger partial charge in [0.25, 0.3) is 5.91 Å². The first-order valence-electron chi connectivity index (χ1n) is 7.95. The highest BCUT2D eigenvalue weighted by Gasteiger charge is 2.13. The molecule has 1 amide bonds. The SMILES string of the molecule is COc1cc(OC)cc(C(=O)Nc2nc3ccc(C(C)C)cc3s2)c1. The molecular formula is C19H20N2O3S. The van der Waals surface area contributed by atoms with Gasteiger partial charge in [0.05, 0.1) is 24.4 Å². The average molecular weight is 356 g/mol. The van der Waals surface area contributed by atoms with Crippen molar-refractivity contribution in [2.24, 2.45) is 0 Å². The zero-order chi connectivity index (χ0) is 18.0. The minimum absolute atomic E-state index is 0.250. The number of hydrogen-bond donors (Lipinski definition) is 1. The molecule has 0 saturated carbocycles. The predicted octanol–water partition coefficient (Wildman–Crippen LogP) is 4.69. The van der Waals surface area contributed by atoms with Gasteiger partial charge in [0.2, 0.25) is 0 Å². The number of ether oxygens (including phenoxy) is 2. The zero-order valence-corrected chi connectivity index (χ0v) is 15.4. The zero-order valence-electron chi connectivity index (χ0n) is 14.6. The first-order chi connectivity index (χ1) is 12.0. The molecule has 0 aliphatic heterocycles. The smallest absolute Gasteiger partial charge is 0.257 e. The molecule has 3 rings (SSSR count). The standard InChI is InChI=1S/C19H20N2O3S/c1-11(2)12-5-6-16-17(9-12)25-19(20-16)21-18(22)13-7-14(23-3)10-15(8-13)24-4/h5-11H,1-4H3,(H,20,21,22). The lowest BCUT2D eigenvalue weighted by atomic mass is 10.0. The van der Waals surface area contributed by atoms with E-state index in [2.05, 4.69) is 36.3 Å². The highest BCUT2D eigenvalue weighted by atomic mass is 32.1. The maximum absolute atomic E-state index is 12.5. The summed E-state index contributed by atoms with van der Waals surface area (Å²) < 4.78 is 11.5. The predicted molar refractivity (Wildman–Crippen MR) is 101 cm³/mol. The van der Waals surface area contributed by atoms with Gasteiger partial charge in [-0.05, 0) is 35.7 Å². The summed E-state index contributed by atoms with van der Waals surface area (Å²) >= 11 is 1.47. The summed E-state index contributed by atoms with van der Waals surface area (Å²) in [4.78, 5) is 17.0. The van der Waals surface area contributed by atoms with Crippen molar-refractivity contribution in [1.82, 2.24) is 4.98 Å². The summed E-state index contributed by atoms with van der Waals surface area (Å²) in [6.07, 6.45) is 0. The van der Waals surface area contributed by atoms with Gasteiger partial charge in [0, 0.05) is 11.6 Å². The molecule has 0 saturated heterocycles. The van der Waals surface area contributed by atoms with Gasteiger partial charge in [-0.15, -0.1) is 0 Å². The fourth-order valence-corrected chi connectivity index (χ4v) is 3.37. The molecule has 2 aromatic carbocycles. The quantitative estimate of drug-likeness (QED) is 0.720. The van der Waals surface area contributed by atoms with Crippen molar-refractivity contribution < 1.29 is 14.3 Å². The third-order valence-electron chi connectivity index (χ3n) is 3.91. The minimum Gasteiger partial charge on any atom is -0.497 e. The number of carbonyl (C=O) groups excluding carboxylic acids is 1. The molecule has 130 valence electrons. The molecule has 25 heavy (non-hydrogen) atoms. The Morgan fingerprint density at radius 3 is 2.36 bits per heavy atom. The molecule has 6 heteroatoms. The molecule has 0 unspecified atom stereocenters. The molecule has 0 atom stereocenters. The van der Waals surface area contributed by atoms with E-state index >= 15 is 0 Å². The van der Waals surface area contributed by atoms with Crippen molar-refractivity contribution in [2.75, 3.05) is 19.5 Å². The fraction of sp³-hybridized carbons (Fsp3) is 0.263. The van der Waals surface area contributed by atoms with Gasteiger partial charge in [-0.3, -0.25) is 10.1 Å². The van der Waals surface area contributed by atoms with Crippen LogP contribution in [0.3, 0.4) is 0 Å². The fourth-order valence-electron chi connectivity index (χ4n) is 2.46. The number of aromatic nitrogens is 1. The second kappa shape index (κ2) is 7.11. The van der Waals surface area contributed by atoms with Crippen LogP contribution in [0.15, 0.2) is 36.4 Å². The van der Waals surface area contributed by atoms with E-state index in [1.54, 1.807) is 32.4 Å². The van der Waals surface area contributed by atoms with Crippen molar-refractivity contribution in [2.45, 2.75) is 19.8 Å². The summed E-state index contributed by atoms with van der Waals surface area (Å²) in [5, 5.41) is 3.43. The Bertz CT molecular complexity index is 896. The molecule has 0 aliphatic carbocycles. The van der Waals surface area contributed by atoms with Gasteiger partial charge in [-0.25, -0.2) is 4.98 Å². The Balaban J connectivity index is 1.86. The second-order valence-electron chi connectivity index (χ2n) is 5.96. The van der Waals surface area contributed by atoms with Crippen molar-refractivity contribution in [1.29, 1.82) is 0 Å². The Morgan fingerprint density at radius 1 is 1.08 bits per heavy atom. The highest BCUT2D eigenvalue weighted by molar-refractivity contribution is 7.22.